The van der Waals surface area contributed by atoms with Gasteiger partial charge in [0.2, 0.25) is 0 Å². The van der Waals surface area contributed by atoms with Gasteiger partial charge in [-0.3, -0.25) is 0 Å². The molecule has 3 rings (SSSR count). The van der Waals surface area contributed by atoms with E-state index < -0.39 is 0 Å². The largest absolute Gasteiger partial charge is 0.221 e. The summed E-state index contributed by atoms with van der Waals surface area (Å²) in [5.41, 5.74) is 4.79. The SMILES string of the molecule is Cc1cccc(CCc2nc3cc(C)ccn3n2)c1. The molecule has 0 saturated heterocycles. The molecule has 0 radical (unpaired) electrons. The number of aryl methyl sites for hydroxylation is 4. The van der Waals surface area contributed by atoms with E-state index in [1.807, 2.05) is 16.8 Å². The molecule has 0 atom stereocenters. The molecule has 1 aromatic carbocycles. The van der Waals surface area contributed by atoms with E-state index in [0.29, 0.717) is 0 Å². The zero-order chi connectivity index (χ0) is 13.2. The van der Waals surface area contributed by atoms with Crippen molar-refractivity contribution in [2.75, 3.05) is 0 Å². The first-order chi connectivity index (χ1) is 9.20. The van der Waals surface area contributed by atoms with Crippen molar-refractivity contribution in [1.29, 1.82) is 0 Å². The van der Waals surface area contributed by atoms with Crippen molar-refractivity contribution >= 4 is 5.65 Å². The summed E-state index contributed by atoms with van der Waals surface area (Å²) >= 11 is 0. The van der Waals surface area contributed by atoms with Crippen LogP contribution in [0.25, 0.3) is 5.65 Å². The summed E-state index contributed by atoms with van der Waals surface area (Å²) in [6.07, 6.45) is 3.83. The number of benzene rings is 1. The second-order valence-corrected chi connectivity index (χ2v) is 5.02. The molecule has 0 bridgehead atoms. The molecule has 19 heavy (non-hydrogen) atoms. The molecular formula is C16H17N3. The van der Waals surface area contributed by atoms with E-state index in [2.05, 4.69) is 54.3 Å². The van der Waals surface area contributed by atoms with E-state index in [4.69, 9.17) is 0 Å². The number of rotatable bonds is 3. The van der Waals surface area contributed by atoms with Crippen molar-refractivity contribution in [2.24, 2.45) is 0 Å². The number of nitrogens with zero attached hydrogens (tertiary/aromatic N) is 3. The zero-order valence-corrected chi connectivity index (χ0v) is 11.3. The van der Waals surface area contributed by atoms with Crippen molar-refractivity contribution in [3.05, 3.63) is 65.1 Å². The molecule has 0 aliphatic carbocycles. The van der Waals surface area contributed by atoms with Crippen LogP contribution in [0.15, 0.2) is 42.6 Å². The Kier molecular flexibility index (Phi) is 3.03. The van der Waals surface area contributed by atoms with Gasteiger partial charge in [0.05, 0.1) is 0 Å². The van der Waals surface area contributed by atoms with E-state index >= 15 is 0 Å². The molecule has 0 spiro atoms. The molecule has 0 N–H and O–H groups in total. The topological polar surface area (TPSA) is 30.2 Å². The summed E-state index contributed by atoms with van der Waals surface area (Å²) < 4.78 is 1.85. The second-order valence-electron chi connectivity index (χ2n) is 5.02. The molecule has 3 aromatic rings. The Morgan fingerprint density at radius 2 is 1.84 bits per heavy atom. The number of hydrogen-bond acceptors (Lipinski definition) is 2. The zero-order valence-electron chi connectivity index (χ0n) is 11.3. The molecular weight excluding hydrogens is 234 g/mol. The minimum atomic E-state index is 0.879. The molecule has 96 valence electrons. The summed E-state index contributed by atoms with van der Waals surface area (Å²) in [4.78, 5) is 4.56. The van der Waals surface area contributed by atoms with Crippen LogP contribution in [0.4, 0.5) is 0 Å². The minimum Gasteiger partial charge on any atom is -0.221 e. The first kappa shape index (κ1) is 11.9. The maximum absolute atomic E-state index is 4.56. The summed E-state index contributed by atoms with van der Waals surface area (Å²) in [5.74, 6) is 0.909. The van der Waals surface area contributed by atoms with Crippen molar-refractivity contribution in [3.8, 4) is 0 Å². The number of hydrogen-bond donors (Lipinski definition) is 0. The average molecular weight is 251 g/mol. The van der Waals surface area contributed by atoms with Gasteiger partial charge in [-0.2, -0.15) is 5.10 Å². The Labute approximate surface area is 112 Å². The van der Waals surface area contributed by atoms with E-state index in [1.54, 1.807) is 0 Å². The average Bonchev–Trinajstić information content (AvgIpc) is 2.78. The molecule has 0 amide bonds. The highest BCUT2D eigenvalue weighted by Crippen LogP contribution is 2.09. The fraction of sp³-hybridized carbons (Fsp3) is 0.250. The molecule has 3 heteroatoms. The van der Waals surface area contributed by atoms with Crippen LogP contribution in [-0.2, 0) is 12.8 Å². The van der Waals surface area contributed by atoms with Crippen LogP contribution in [0.3, 0.4) is 0 Å². The predicted molar refractivity (Wildman–Crippen MR) is 76.3 cm³/mol. The van der Waals surface area contributed by atoms with E-state index in [0.717, 1.165) is 24.3 Å². The van der Waals surface area contributed by atoms with Crippen molar-refractivity contribution in [1.82, 2.24) is 14.6 Å². The molecule has 0 unspecified atom stereocenters. The molecule has 0 saturated carbocycles. The number of fused-ring (bicyclic) bond motifs is 1. The highest BCUT2D eigenvalue weighted by atomic mass is 15.3. The van der Waals surface area contributed by atoms with Gasteiger partial charge in [0.25, 0.3) is 0 Å². The number of aromatic nitrogens is 3. The highest BCUT2D eigenvalue weighted by Gasteiger charge is 2.04. The van der Waals surface area contributed by atoms with E-state index in [9.17, 15) is 0 Å². The molecule has 2 heterocycles. The fourth-order valence-corrected chi connectivity index (χ4v) is 2.26. The third kappa shape index (κ3) is 2.65. The quantitative estimate of drug-likeness (QED) is 0.716. The lowest BCUT2D eigenvalue weighted by Gasteiger charge is -1.99. The van der Waals surface area contributed by atoms with Gasteiger partial charge in [-0.15, -0.1) is 0 Å². The maximum atomic E-state index is 4.56. The molecule has 3 nitrogen and oxygen atoms in total. The monoisotopic (exact) mass is 251 g/mol. The highest BCUT2D eigenvalue weighted by molar-refractivity contribution is 5.40. The first-order valence-corrected chi connectivity index (χ1v) is 6.58. The van der Waals surface area contributed by atoms with Crippen molar-refractivity contribution in [3.63, 3.8) is 0 Å². The van der Waals surface area contributed by atoms with Gasteiger partial charge in [-0.1, -0.05) is 29.8 Å². The lowest BCUT2D eigenvalue weighted by atomic mass is 10.1. The van der Waals surface area contributed by atoms with E-state index in [1.165, 1.54) is 16.7 Å². The predicted octanol–water partition coefficient (Wildman–Crippen LogP) is 3.13. The second kappa shape index (κ2) is 4.84. The van der Waals surface area contributed by atoms with Crippen LogP contribution in [0, 0.1) is 13.8 Å². The fourth-order valence-electron chi connectivity index (χ4n) is 2.26. The van der Waals surface area contributed by atoms with Gasteiger partial charge in [-0.05, 0) is 43.5 Å². The molecule has 0 fully saturated rings. The van der Waals surface area contributed by atoms with Crippen LogP contribution < -0.4 is 0 Å². The van der Waals surface area contributed by atoms with Crippen LogP contribution in [0.5, 0.6) is 0 Å². The minimum absolute atomic E-state index is 0.879. The molecule has 2 aromatic heterocycles. The molecule has 0 aliphatic rings. The Morgan fingerprint density at radius 3 is 2.68 bits per heavy atom. The van der Waals surface area contributed by atoms with Crippen LogP contribution in [0.2, 0.25) is 0 Å². The lowest BCUT2D eigenvalue weighted by Crippen LogP contribution is -1.94. The van der Waals surface area contributed by atoms with Gasteiger partial charge in [0, 0.05) is 12.6 Å². The third-order valence-corrected chi connectivity index (χ3v) is 3.26. The standard InChI is InChI=1S/C16H17N3/c1-12-4-3-5-14(10-12)6-7-15-17-16-11-13(2)8-9-19(16)18-15/h3-5,8-11H,6-7H2,1-2H3. The summed E-state index contributed by atoms with van der Waals surface area (Å²) in [6.45, 7) is 4.19. The first-order valence-electron chi connectivity index (χ1n) is 6.58. The maximum Gasteiger partial charge on any atom is 0.155 e. The summed E-state index contributed by atoms with van der Waals surface area (Å²) in [6, 6.07) is 12.7. The van der Waals surface area contributed by atoms with Crippen LogP contribution >= 0.6 is 0 Å². The Balaban J connectivity index is 1.78. The molecule has 0 aliphatic heterocycles. The van der Waals surface area contributed by atoms with Crippen LogP contribution in [0.1, 0.15) is 22.5 Å². The van der Waals surface area contributed by atoms with E-state index in [-0.39, 0.29) is 0 Å². The normalized spacial score (nSPS) is 11.1. The third-order valence-electron chi connectivity index (χ3n) is 3.26. The van der Waals surface area contributed by atoms with Gasteiger partial charge < -0.3 is 0 Å². The van der Waals surface area contributed by atoms with Crippen LogP contribution in [-0.4, -0.2) is 14.6 Å². The number of pyridine rings is 1. The summed E-state index contributed by atoms with van der Waals surface area (Å²) in [7, 11) is 0. The van der Waals surface area contributed by atoms with Crippen molar-refractivity contribution in [2.45, 2.75) is 26.7 Å². The Morgan fingerprint density at radius 1 is 1.00 bits per heavy atom. The lowest BCUT2D eigenvalue weighted by molar-refractivity contribution is 0.835. The smallest absolute Gasteiger partial charge is 0.155 e. The van der Waals surface area contributed by atoms with Gasteiger partial charge in [0.1, 0.15) is 0 Å². The Bertz CT molecular complexity index is 713. The summed E-state index contributed by atoms with van der Waals surface area (Å²) in [5, 5.41) is 4.50. The van der Waals surface area contributed by atoms with Gasteiger partial charge >= 0.3 is 0 Å². The van der Waals surface area contributed by atoms with Crippen molar-refractivity contribution < 1.29 is 0 Å². The van der Waals surface area contributed by atoms with Gasteiger partial charge in [-0.25, -0.2) is 9.50 Å². The van der Waals surface area contributed by atoms with Gasteiger partial charge in [0.15, 0.2) is 11.5 Å². The Hall–Kier alpha value is -2.16.